The van der Waals surface area contributed by atoms with Crippen molar-refractivity contribution in [1.82, 2.24) is 0 Å². The van der Waals surface area contributed by atoms with Crippen LogP contribution in [0.25, 0.3) is 44.5 Å². The highest BCUT2D eigenvalue weighted by Gasteiger charge is 2.47. The average molecular weight is 1150 g/mol. The Morgan fingerprint density at radius 1 is 0.362 bits per heavy atom. The van der Waals surface area contributed by atoms with Crippen LogP contribution in [0.15, 0.2) is 220 Å². The van der Waals surface area contributed by atoms with Crippen molar-refractivity contribution < 1.29 is 4.21 Å². The van der Waals surface area contributed by atoms with Crippen molar-refractivity contribution in [3.8, 4) is 44.5 Å². The van der Waals surface area contributed by atoms with Gasteiger partial charge in [0.1, 0.15) is 0 Å². The fourth-order valence-electron chi connectivity index (χ4n) is 7.76. The first kappa shape index (κ1) is 44.2. The van der Waals surface area contributed by atoms with E-state index in [9.17, 15) is 4.21 Å². The molecule has 3 aliphatic heterocycles. The van der Waals surface area contributed by atoms with Crippen molar-refractivity contribution in [1.29, 1.82) is 0 Å². The average Bonchev–Trinajstić information content (AvgIpc) is 3.81. The van der Waals surface area contributed by atoms with Crippen LogP contribution < -0.4 is 0 Å². The van der Waals surface area contributed by atoms with Crippen molar-refractivity contribution in [2.45, 2.75) is 51.7 Å². The van der Waals surface area contributed by atoms with Crippen LogP contribution in [0.5, 0.6) is 0 Å². The molecule has 292 valence electrons. The lowest BCUT2D eigenvalue weighted by Crippen LogP contribution is -1.97. The molecule has 0 radical (unpaired) electrons. The maximum Gasteiger partial charge on any atom is 0.0862 e. The molecule has 0 aliphatic carbocycles. The topological polar surface area (TPSA) is 17.1 Å². The van der Waals surface area contributed by atoms with E-state index in [0.717, 1.165) is 29.9 Å². The lowest BCUT2D eigenvalue weighted by molar-refractivity contribution is 0.685. The van der Waals surface area contributed by atoms with Crippen LogP contribution in [-0.2, 0) is 10.8 Å². The third kappa shape index (κ3) is 7.53. The molecular formula is C51H42Br2I2OS2. The minimum absolute atomic E-state index is 0. The van der Waals surface area contributed by atoms with Crippen LogP contribution in [0.4, 0.5) is 0 Å². The number of rotatable bonds is 1. The van der Waals surface area contributed by atoms with Gasteiger partial charge in [-0.3, -0.25) is 0 Å². The molecule has 0 fully saturated rings. The SMILES string of the molecule is Brc1ccc(I)c(-c2ccccc2I)c1.Brc1ccc2c(c1)-c1ccccc1S21c2ccccc2-c2ccccc21.C.C.C.O=S1c2ccccc2-c2ccccc21. The third-order valence-electron chi connectivity index (χ3n) is 10.1. The lowest BCUT2D eigenvalue weighted by atomic mass is 10.1. The molecule has 8 aromatic carbocycles. The van der Waals surface area contributed by atoms with E-state index >= 15 is 0 Å². The number of benzene rings is 8. The monoisotopic (exact) mass is 1150 g/mol. The van der Waals surface area contributed by atoms with Crippen molar-refractivity contribution in [2.75, 3.05) is 0 Å². The summed E-state index contributed by atoms with van der Waals surface area (Å²) in [6.07, 6.45) is 0. The fraction of sp³-hybridized carbons (Fsp3) is 0.0588. The first-order valence-electron chi connectivity index (χ1n) is 17.6. The molecule has 0 amide bonds. The zero-order valence-corrected chi connectivity index (χ0v) is 38.2. The zero-order chi connectivity index (χ0) is 37.7. The molecule has 0 saturated heterocycles. The number of hydrogen-bond acceptors (Lipinski definition) is 1. The Morgan fingerprint density at radius 2 is 0.707 bits per heavy atom. The Balaban J connectivity index is 0.000000153. The summed E-state index contributed by atoms with van der Waals surface area (Å²) in [6, 6.07) is 64.4. The summed E-state index contributed by atoms with van der Waals surface area (Å²) in [5.74, 6) is 0. The second-order valence-electron chi connectivity index (χ2n) is 13.1. The van der Waals surface area contributed by atoms with Gasteiger partial charge in [0.25, 0.3) is 0 Å². The van der Waals surface area contributed by atoms with E-state index in [4.69, 9.17) is 0 Å². The second kappa shape index (κ2) is 18.5. The number of halogens is 4. The summed E-state index contributed by atoms with van der Waals surface area (Å²) in [5.41, 5.74) is 10.3. The standard InChI is InChI=1S/C24H15BrS.C12H7BrI2.C12H8OS.3CH4/c25-16-13-14-24-20(15-16)19-9-3-6-12-23(19)26(24)21-10-4-1-7-17(21)18-8-2-5-11-22(18)26;13-8-5-6-12(15)10(7-8)9-3-1-2-4-11(9)14;13-14-11-7-3-1-5-9(11)10-6-2-4-8-12(10)14;;;/h1-15H;1-7H;1-8H;3*1H4. The van der Waals surface area contributed by atoms with E-state index in [1.165, 1.54) is 60.1 Å². The predicted molar refractivity (Wildman–Crippen MR) is 274 cm³/mol. The Kier molecular flexibility index (Phi) is 14.1. The normalized spacial score (nSPS) is 13.1. The summed E-state index contributed by atoms with van der Waals surface area (Å²) in [5, 5.41) is 0. The molecule has 3 heterocycles. The molecular weight excluding hydrogens is 1110 g/mol. The maximum atomic E-state index is 12.0. The molecule has 11 rings (SSSR count). The summed E-state index contributed by atoms with van der Waals surface area (Å²) in [4.78, 5) is 7.79. The smallest absolute Gasteiger partial charge is 0.0862 e. The molecule has 0 aromatic heterocycles. The van der Waals surface area contributed by atoms with E-state index in [2.05, 4.69) is 211 Å². The highest BCUT2D eigenvalue weighted by molar-refractivity contribution is 14.1. The van der Waals surface area contributed by atoms with Gasteiger partial charge in [0.2, 0.25) is 0 Å². The lowest BCUT2D eigenvalue weighted by Gasteiger charge is -2.36. The maximum absolute atomic E-state index is 12.0. The molecule has 0 atom stereocenters. The Bertz CT molecular complexity index is 2730. The quantitative estimate of drug-likeness (QED) is 0.150. The summed E-state index contributed by atoms with van der Waals surface area (Å²) in [6.45, 7) is 0. The van der Waals surface area contributed by atoms with Gasteiger partial charge in [-0.25, -0.2) is 4.21 Å². The van der Waals surface area contributed by atoms with Gasteiger partial charge >= 0.3 is 0 Å². The fourth-order valence-corrected chi connectivity index (χ4v) is 15.7. The van der Waals surface area contributed by atoms with E-state index in [0.29, 0.717) is 0 Å². The summed E-state index contributed by atoms with van der Waals surface area (Å²) < 4.78 is 16.8. The molecule has 0 unspecified atom stereocenters. The van der Waals surface area contributed by atoms with Gasteiger partial charge in [-0.15, -0.1) is 10.0 Å². The first-order valence-corrected chi connectivity index (χ1v) is 24.1. The van der Waals surface area contributed by atoms with E-state index < -0.39 is 20.8 Å². The largest absolute Gasteiger partial charge is 0.249 e. The van der Waals surface area contributed by atoms with Crippen molar-refractivity contribution in [3.63, 3.8) is 0 Å². The highest BCUT2D eigenvalue weighted by Crippen LogP contribution is 2.84. The van der Waals surface area contributed by atoms with Gasteiger partial charge in [0.05, 0.1) is 20.6 Å². The number of fused-ring (bicyclic) bond motifs is 13. The third-order valence-corrected chi connectivity index (χ3v) is 18.5. The molecule has 0 N–H and O–H groups in total. The Morgan fingerprint density at radius 3 is 1.21 bits per heavy atom. The highest BCUT2D eigenvalue weighted by atomic mass is 127. The molecule has 3 aliphatic rings. The summed E-state index contributed by atoms with van der Waals surface area (Å²) >= 11 is 11.9. The van der Waals surface area contributed by atoms with Gasteiger partial charge in [-0.1, -0.05) is 163 Å². The molecule has 1 nitrogen and oxygen atoms in total. The molecule has 0 bridgehead atoms. The molecule has 0 saturated carbocycles. The molecule has 58 heavy (non-hydrogen) atoms. The van der Waals surface area contributed by atoms with Crippen LogP contribution >= 0.6 is 87.1 Å². The Hall–Kier alpha value is -3.32. The zero-order valence-electron chi connectivity index (χ0n) is 29.1. The first-order chi connectivity index (χ1) is 26.9. The second-order valence-corrected chi connectivity index (χ2v) is 21.7. The van der Waals surface area contributed by atoms with Crippen molar-refractivity contribution >= 4 is 97.9 Å². The van der Waals surface area contributed by atoms with Gasteiger partial charge in [0.15, 0.2) is 0 Å². The van der Waals surface area contributed by atoms with Crippen LogP contribution in [-0.4, -0.2) is 4.21 Å². The summed E-state index contributed by atoms with van der Waals surface area (Å²) in [7, 11) is -2.37. The molecule has 8 aromatic rings. The van der Waals surface area contributed by atoms with Crippen LogP contribution in [0.3, 0.4) is 0 Å². The number of hydrogen-bond donors (Lipinski definition) is 0. The van der Waals surface area contributed by atoms with Gasteiger partial charge in [-0.2, -0.15) is 0 Å². The van der Waals surface area contributed by atoms with E-state index in [-0.39, 0.29) is 22.3 Å². The minimum Gasteiger partial charge on any atom is -0.249 e. The van der Waals surface area contributed by atoms with E-state index in [1.54, 1.807) is 0 Å². The van der Waals surface area contributed by atoms with Gasteiger partial charge < -0.3 is 0 Å². The minimum atomic E-state index is -1.40. The van der Waals surface area contributed by atoms with E-state index in [1.807, 2.05) is 48.5 Å². The molecule has 1 spiro atoms. The van der Waals surface area contributed by atoms with Crippen LogP contribution in [0, 0.1) is 7.14 Å². The van der Waals surface area contributed by atoms with Crippen LogP contribution in [0.1, 0.15) is 22.3 Å². The van der Waals surface area contributed by atoms with Gasteiger partial charge in [-0.05, 0) is 162 Å². The van der Waals surface area contributed by atoms with Crippen LogP contribution in [0.2, 0.25) is 0 Å². The Labute approximate surface area is 392 Å². The molecule has 7 heteroatoms. The van der Waals surface area contributed by atoms with Crippen molar-refractivity contribution in [3.05, 3.63) is 198 Å². The van der Waals surface area contributed by atoms with Gasteiger partial charge in [0, 0.05) is 35.7 Å². The predicted octanol–water partition coefficient (Wildman–Crippen LogP) is 17.8. The van der Waals surface area contributed by atoms with Crippen molar-refractivity contribution in [2.24, 2.45) is 0 Å².